The van der Waals surface area contributed by atoms with Gasteiger partial charge in [0.05, 0.1) is 23.3 Å². The van der Waals surface area contributed by atoms with Gasteiger partial charge in [-0.1, -0.05) is 44.2 Å². The Morgan fingerprint density at radius 1 is 1.12 bits per heavy atom. The first kappa shape index (κ1) is 18.4. The van der Waals surface area contributed by atoms with Crippen LogP contribution in [0.4, 0.5) is 5.69 Å². The van der Waals surface area contributed by atoms with E-state index in [0.29, 0.717) is 27.1 Å². The van der Waals surface area contributed by atoms with Gasteiger partial charge < -0.3 is 20.6 Å². The zero-order valence-electron chi connectivity index (χ0n) is 14.6. The molecule has 0 saturated heterocycles. The van der Waals surface area contributed by atoms with Crippen LogP contribution in [0.1, 0.15) is 25.5 Å². The van der Waals surface area contributed by atoms with E-state index in [2.05, 4.69) is 62.5 Å². The summed E-state index contributed by atoms with van der Waals surface area (Å²) in [5, 5.41) is 6.20. The second-order valence-corrected chi connectivity index (χ2v) is 7.37. The number of carbonyl (C=O) groups is 1. The molecule has 4 N–H and O–H groups in total. The van der Waals surface area contributed by atoms with E-state index in [1.54, 1.807) is 12.1 Å². The number of H-pyrrole nitrogens is 2. The molecule has 0 aliphatic rings. The van der Waals surface area contributed by atoms with Crippen molar-refractivity contribution in [2.45, 2.75) is 19.9 Å². The van der Waals surface area contributed by atoms with E-state index in [1.807, 2.05) is 18.2 Å². The molecule has 1 heterocycles. The van der Waals surface area contributed by atoms with Crippen LogP contribution in [-0.4, -0.2) is 22.4 Å². The number of fused-ring (bicyclic) bond motifs is 1. The van der Waals surface area contributed by atoms with E-state index in [1.165, 1.54) is 0 Å². The fourth-order valence-electron chi connectivity index (χ4n) is 2.95. The van der Waals surface area contributed by atoms with Gasteiger partial charge in [-0.2, -0.15) is 0 Å². The lowest BCUT2D eigenvalue weighted by Gasteiger charge is -2.22. The standard InChI is InChI=1S/C19H21BrN4O2/c1-11(2)18(12-6-4-3-5-7-12)21-10-17(25)22-14-9-16-15(8-13(14)20)23-19(26)24-16/h3-9,11,18,21H,10H2,1-2H3,(H,22,25)(H2,23,24,26)/t18-/m0/s1. The Bertz CT molecular complexity index is 963. The fraction of sp³-hybridized carbons (Fsp3) is 0.263. The van der Waals surface area contributed by atoms with Crippen molar-refractivity contribution < 1.29 is 4.79 Å². The van der Waals surface area contributed by atoms with Crippen molar-refractivity contribution in [1.29, 1.82) is 0 Å². The number of amides is 1. The number of benzene rings is 2. The number of rotatable bonds is 6. The summed E-state index contributed by atoms with van der Waals surface area (Å²) in [5.74, 6) is 0.197. The molecule has 6 nitrogen and oxygen atoms in total. The number of hydrogen-bond acceptors (Lipinski definition) is 3. The SMILES string of the molecule is CC(C)[C@H](NCC(=O)Nc1cc2[nH]c(=O)[nH]c2cc1Br)c1ccccc1. The lowest BCUT2D eigenvalue weighted by Crippen LogP contribution is -2.33. The maximum absolute atomic E-state index is 12.4. The van der Waals surface area contributed by atoms with Crippen LogP contribution in [0.5, 0.6) is 0 Å². The Morgan fingerprint density at radius 3 is 2.42 bits per heavy atom. The molecule has 1 atom stereocenters. The maximum Gasteiger partial charge on any atom is 0.323 e. The number of halogens is 1. The first-order valence-electron chi connectivity index (χ1n) is 8.44. The Hall–Kier alpha value is -2.38. The van der Waals surface area contributed by atoms with Gasteiger partial charge in [0.2, 0.25) is 5.91 Å². The molecule has 0 spiro atoms. The van der Waals surface area contributed by atoms with Gasteiger partial charge in [-0.15, -0.1) is 0 Å². The zero-order valence-corrected chi connectivity index (χ0v) is 16.2. The van der Waals surface area contributed by atoms with Crippen LogP contribution in [0.2, 0.25) is 0 Å². The number of aromatic nitrogens is 2. The van der Waals surface area contributed by atoms with E-state index in [9.17, 15) is 9.59 Å². The zero-order chi connectivity index (χ0) is 18.7. The molecule has 136 valence electrons. The minimum absolute atomic E-state index is 0.0916. The number of imidazole rings is 1. The molecule has 0 aliphatic carbocycles. The molecule has 2 aromatic carbocycles. The first-order valence-corrected chi connectivity index (χ1v) is 9.23. The van der Waals surface area contributed by atoms with Gasteiger partial charge in [-0.25, -0.2) is 4.79 Å². The van der Waals surface area contributed by atoms with E-state index in [4.69, 9.17) is 0 Å². The minimum atomic E-state index is -0.278. The van der Waals surface area contributed by atoms with Crippen LogP contribution in [-0.2, 0) is 4.79 Å². The Morgan fingerprint density at radius 2 is 1.77 bits per heavy atom. The second-order valence-electron chi connectivity index (χ2n) is 6.52. The maximum atomic E-state index is 12.4. The highest BCUT2D eigenvalue weighted by atomic mass is 79.9. The predicted octanol–water partition coefficient (Wildman–Crippen LogP) is 3.54. The van der Waals surface area contributed by atoms with E-state index in [0.717, 1.165) is 5.56 Å². The first-order chi connectivity index (χ1) is 12.4. The van der Waals surface area contributed by atoms with Crippen LogP contribution in [0.3, 0.4) is 0 Å². The van der Waals surface area contributed by atoms with Gasteiger partial charge in [0.15, 0.2) is 0 Å². The lowest BCUT2D eigenvalue weighted by molar-refractivity contribution is -0.115. The molecular formula is C19H21BrN4O2. The number of aromatic amines is 2. The third-order valence-electron chi connectivity index (χ3n) is 4.19. The quantitative estimate of drug-likeness (QED) is 0.495. The van der Waals surface area contributed by atoms with Crippen molar-refractivity contribution >= 4 is 38.6 Å². The molecule has 1 aromatic heterocycles. The number of anilines is 1. The molecular weight excluding hydrogens is 396 g/mol. The van der Waals surface area contributed by atoms with Crippen molar-refractivity contribution in [3.63, 3.8) is 0 Å². The van der Waals surface area contributed by atoms with Crippen LogP contribution >= 0.6 is 15.9 Å². The number of nitrogens with one attached hydrogen (secondary N) is 4. The summed E-state index contributed by atoms with van der Waals surface area (Å²) in [7, 11) is 0. The molecule has 0 fully saturated rings. The third-order valence-corrected chi connectivity index (χ3v) is 4.84. The highest BCUT2D eigenvalue weighted by Gasteiger charge is 2.17. The fourth-order valence-corrected chi connectivity index (χ4v) is 3.39. The molecule has 3 rings (SSSR count). The summed E-state index contributed by atoms with van der Waals surface area (Å²) in [4.78, 5) is 29.1. The molecule has 0 saturated carbocycles. The van der Waals surface area contributed by atoms with Crippen LogP contribution < -0.4 is 16.3 Å². The molecule has 3 aromatic rings. The van der Waals surface area contributed by atoms with Crippen LogP contribution in [0.25, 0.3) is 11.0 Å². The van der Waals surface area contributed by atoms with Crippen LogP contribution in [0.15, 0.2) is 51.7 Å². The molecule has 0 aliphatic heterocycles. The topological polar surface area (TPSA) is 89.8 Å². The summed E-state index contributed by atoms with van der Waals surface area (Å²) in [6.07, 6.45) is 0. The molecule has 0 unspecified atom stereocenters. The summed E-state index contributed by atoms with van der Waals surface area (Å²) in [6.45, 7) is 4.43. The van der Waals surface area contributed by atoms with Gasteiger partial charge in [0.25, 0.3) is 0 Å². The van der Waals surface area contributed by atoms with E-state index in [-0.39, 0.29) is 24.2 Å². The summed E-state index contributed by atoms with van der Waals surface area (Å²) < 4.78 is 0.706. The van der Waals surface area contributed by atoms with Gasteiger partial charge in [0, 0.05) is 10.5 Å². The molecule has 0 bridgehead atoms. The predicted molar refractivity (Wildman–Crippen MR) is 107 cm³/mol. The Balaban J connectivity index is 1.68. The largest absolute Gasteiger partial charge is 0.324 e. The second kappa shape index (κ2) is 7.88. The van der Waals surface area contributed by atoms with E-state index >= 15 is 0 Å². The average molecular weight is 417 g/mol. The van der Waals surface area contributed by atoms with Crippen molar-refractivity contribution in [2.75, 3.05) is 11.9 Å². The lowest BCUT2D eigenvalue weighted by atomic mass is 9.96. The number of carbonyl (C=O) groups excluding carboxylic acids is 1. The minimum Gasteiger partial charge on any atom is -0.324 e. The molecule has 1 amide bonds. The molecule has 26 heavy (non-hydrogen) atoms. The third kappa shape index (κ3) is 4.23. The average Bonchev–Trinajstić information content (AvgIpc) is 2.95. The van der Waals surface area contributed by atoms with Gasteiger partial charge >= 0.3 is 5.69 Å². The van der Waals surface area contributed by atoms with Gasteiger partial charge in [-0.05, 0) is 39.5 Å². The van der Waals surface area contributed by atoms with E-state index < -0.39 is 0 Å². The van der Waals surface area contributed by atoms with Crippen molar-refractivity contribution in [2.24, 2.45) is 5.92 Å². The highest BCUT2D eigenvalue weighted by Crippen LogP contribution is 2.26. The smallest absolute Gasteiger partial charge is 0.323 e. The van der Waals surface area contributed by atoms with Crippen molar-refractivity contribution in [3.8, 4) is 0 Å². The monoisotopic (exact) mass is 416 g/mol. The van der Waals surface area contributed by atoms with Gasteiger partial charge in [0.1, 0.15) is 0 Å². The summed E-state index contributed by atoms with van der Waals surface area (Å²) in [6, 6.07) is 13.7. The summed E-state index contributed by atoms with van der Waals surface area (Å²) in [5.41, 5.74) is 2.82. The highest BCUT2D eigenvalue weighted by molar-refractivity contribution is 9.10. The number of hydrogen-bond donors (Lipinski definition) is 4. The van der Waals surface area contributed by atoms with Crippen molar-refractivity contribution in [3.05, 3.63) is 63.0 Å². The normalized spacial score (nSPS) is 12.5. The van der Waals surface area contributed by atoms with Gasteiger partial charge in [-0.3, -0.25) is 4.79 Å². The summed E-state index contributed by atoms with van der Waals surface area (Å²) >= 11 is 3.42. The Labute approximate surface area is 159 Å². The van der Waals surface area contributed by atoms with Crippen LogP contribution in [0, 0.1) is 5.92 Å². The van der Waals surface area contributed by atoms with Crippen molar-refractivity contribution in [1.82, 2.24) is 15.3 Å². The molecule has 7 heteroatoms. The molecule has 0 radical (unpaired) electrons. The Kier molecular flexibility index (Phi) is 5.58.